The number of aryl methyl sites for hydroxylation is 1. The van der Waals surface area contributed by atoms with Crippen LogP contribution in [0.4, 0.5) is 4.39 Å². The van der Waals surface area contributed by atoms with Gasteiger partial charge in [-0.2, -0.15) is 0 Å². The van der Waals surface area contributed by atoms with Crippen LogP contribution in [-0.2, 0) is 6.54 Å². The van der Waals surface area contributed by atoms with Gasteiger partial charge in [0.15, 0.2) is 0 Å². The molecule has 17 heavy (non-hydrogen) atoms. The van der Waals surface area contributed by atoms with Gasteiger partial charge in [-0.1, -0.05) is 0 Å². The molecule has 0 aromatic carbocycles. The summed E-state index contributed by atoms with van der Waals surface area (Å²) >= 11 is 3.17. The van der Waals surface area contributed by atoms with Gasteiger partial charge in [-0.3, -0.25) is 14.3 Å². The molecule has 0 bridgehead atoms. The maximum Gasteiger partial charge on any atom is 0.268 e. The van der Waals surface area contributed by atoms with Gasteiger partial charge in [0.1, 0.15) is 10.3 Å². The maximum absolute atomic E-state index is 12.9. The lowest BCUT2D eigenvalue weighted by atomic mass is 10.3. The van der Waals surface area contributed by atoms with E-state index in [0.717, 1.165) is 6.20 Å². The van der Waals surface area contributed by atoms with Crippen LogP contribution < -0.4 is 5.56 Å². The maximum atomic E-state index is 12.9. The second-order valence-electron chi connectivity index (χ2n) is 3.59. The van der Waals surface area contributed by atoms with E-state index < -0.39 is 5.82 Å². The van der Waals surface area contributed by atoms with E-state index >= 15 is 0 Å². The minimum absolute atomic E-state index is 0.193. The number of hydrogen-bond donors (Lipinski definition) is 0. The summed E-state index contributed by atoms with van der Waals surface area (Å²) in [6, 6.07) is 1.34. The zero-order chi connectivity index (χ0) is 12.4. The van der Waals surface area contributed by atoms with Gasteiger partial charge in [-0.15, -0.1) is 0 Å². The molecule has 6 heteroatoms. The van der Waals surface area contributed by atoms with Crippen molar-refractivity contribution < 1.29 is 4.39 Å². The Kier molecular flexibility index (Phi) is 3.33. The molecule has 0 amide bonds. The Morgan fingerprint density at radius 1 is 1.47 bits per heavy atom. The minimum Gasteiger partial charge on any atom is -0.294 e. The summed E-state index contributed by atoms with van der Waals surface area (Å²) in [6.07, 6.45) is 4.08. The van der Waals surface area contributed by atoms with Crippen molar-refractivity contribution in [2.45, 2.75) is 13.5 Å². The van der Waals surface area contributed by atoms with Gasteiger partial charge < -0.3 is 0 Å². The van der Waals surface area contributed by atoms with Crippen LogP contribution in [0.3, 0.4) is 0 Å². The van der Waals surface area contributed by atoms with Crippen LogP contribution in [0.1, 0.15) is 11.3 Å². The molecule has 0 aliphatic rings. The zero-order valence-corrected chi connectivity index (χ0v) is 10.6. The van der Waals surface area contributed by atoms with Crippen molar-refractivity contribution in [3.05, 3.63) is 56.7 Å². The predicted molar refractivity (Wildman–Crippen MR) is 64.2 cm³/mol. The first-order valence-corrected chi connectivity index (χ1v) is 5.68. The third-order valence-electron chi connectivity index (χ3n) is 2.27. The van der Waals surface area contributed by atoms with Crippen molar-refractivity contribution in [1.82, 2.24) is 14.5 Å². The molecule has 0 unspecified atom stereocenters. The van der Waals surface area contributed by atoms with Gasteiger partial charge in [0.05, 0.1) is 24.8 Å². The first-order valence-electron chi connectivity index (χ1n) is 4.89. The highest BCUT2D eigenvalue weighted by atomic mass is 79.9. The molecule has 0 atom stereocenters. The van der Waals surface area contributed by atoms with Crippen LogP contribution in [0, 0.1) is 12.7 Å². The molecule has 88 valence electrons. The highest BCUT2D eigenvalue weighted by Gasteiger charge is 2.06. The predicted octanol–water partition coefficient (Wildman–Crippen LogP) is 1.90. The SMILES string of the molecule is Cc1ncn(Cc2cncc(F)c2)c(=O)c1Br. The number of pyridine rings is 1. The van der Waals surface area contributed by atoms with Crippen molar-refractivity contribution in [3.8, 4) is 0 Å². The number of aromatic nitrogens is 3. The Labute approximate surface area is 105 Å². The first-order chi connectivity index (χ1) is 8.08. The molecule has 0 aliphatic carbocycles. The minimum atomic E-state index is -0.422. The fraction of sp³-hybridized carbons (Fsp3) is 0.182. The molecule has 0 spiro atoms. The van der Waals surface area contributed by atoms with Gasteiger partial charge in [0.25, 0.3) is 5.56 Å². The first kappa shape index (κ1) is 11.9. The zero-order valence-electron chi connectivity index (χ0n) is 9.02. The summed E-state index contributed by atoms with van der Waals surface area (Å²) in [6.45, 7) is 1.98. The summed E-state index contributed by atoms with van der Waals surface area (Å²) in [4.78, 5) is 19.6. The summed E-state index contributed by atoms with van der Waals surface area (Å²) in [5, 5.41) is 0. The molecule has 2 aromatic heterocycles. The summed E-state index contributed by atoms with van der Waals surface area (Å²) in [5.41, 5.74) is 1.05. The molecule has 2 aromatic rings. The highest BCUT2D eigenvalue weighted by Crippen LogP contribution is 2.07. The molecule has 0 fully saturated rings. The molecule has 2 rings (SSSR count). The summed E-state index contributed by atoms with van der Waals surface area (Å²) < 4.78 is 14.8. The monoisotopic (exact) mass is 297 g/mol. The van der Waals surface area contributed by atoms with Crippen LogP contribution in [-0.4, -0.2) is 14.5 Å². The van der Waals surface area contributed by atoms with E-state index in [1.54, 1.807) is 6.92 Å². The van der Waals surface area contributed by atoms with E-state index in [0.29, 0.717) is 15.7 Å². The van der Waals surface area contributed by atoms with E-state index in [2.05, 4.69) is 25.9 Å². The molecule has 4 nitrogen and oxygen atoms in total. The molecule has 0 aliphatic heterocycles. The average molecular weight is 298 g/mol. The third-order valence-corrected chi connectivity index (χ3v) is 3.18. The van der Waals surface area contributed by atoms with Crippen molar-refractivity contribution in [2.75, 3.05) is 0 Å². The Bertz CT molecular complexity index is 612. The van der Waals surface area contributed by atoms with Crippen LogP contribution in [0.5, 0.6) is 0 Å². The van der Waals surface area contributed by atoms with Crippen molar-refractivity contribution in [2.24, 2.45) is 0 Å². The van der Waals surface area contributed by atoms with Crippen LogP contribution in [0.2, 0.25) is 0 Å². The highest BCUT2D eigenvalue weighted by molar-refractivity contribution is 9.10. The topological polar surface area (TPSA) is 47.8 Å². The number of hydrogen-bond acceptors (Lipinski definition) is 3. The van der Waals surface area contributed by atoms with Gasteiger partial charge in [0, 0.05) is 6.20 Å². The Hall–Kier alpha value is -1.56. The Morgan fingerprint density at radius 2 is 2.24 bits per heavy atom. The molecule has 0 saturated heterocycles. The summed E-state index contributed by atoms with van der Waals surface area (Å²) in [7, 11) is 0. The quantitative estimate of drug-likeness (QED) is 0.850. The number of rotatable bonds is 2. The second kappa shape index (κ2) is 4.75. The molecular formula is C11H9BrFN3O. The molecule has 0 saturated carbocycles. The van der Waals surface area contributed by atoms with E-state index in [4.69, 9.17) is 0 Å². The number of halogens is 2. The van der Waals surface area contributed by atoms with Gasteiger partial charge in [-0.05, 0) is 34.5 Å². The summed E-state index contributed by atoms with van der Waals surface area (Å²) in [5.74, 6) is -0.422. The molecule has 0 N–H and O–H groups in total. The van der Waals surface area contributed by atoms with E-state index in [9.17, 15) is 9.18 Å². The lowest BCUT2D eigenvalue weighted by Gasteiger charge is -2.06. The normalized spacial score (nSPS) is 10.5. The van der Waals surface area contributed by atoms with Crippen LogP contribution >= 0.6 is 15.9 Å². The van der Waals surface area contributed by atoms with Crippen LogP contribution in [0.25, 0.3) is 0 Å². The van der Waals surface area contributed by atoms with Gasteiger partial charge >= 0.3 is 0 Å². The lowest BCUT2D eigenvalue weighted by Crippen LogP contribution is -2.22. The van der Waals surface area contributed by atoms with E-state index in [1.807, 2.05) is 0 Å². The smallest absolute Gasteiger partial charge is 0.268 e. The largest absolute Gasteiger partial charge is 0.294 e. The molecule has 2 heterocycles. The third kappa shape index (κ3) is 2.58. The van der Waals surface area contributed by atoms with E-state index in [-0.39, 0.29) is 12.1 Å². The van der Waals surface area contributed by atoms with Gasteiger partial charge in [-0.25, -0.2) is 9.37 Å². The Morgan fingerprint density at radius 3 is 2.94 bits per heavy atom. The van der Waals surface area contributed by atoms with Crippen molar-refractivity contribution in [3.63, 3.8) is 0 Å². The number of nitrogens with zero attached hydrogens (tertiary/aromatic N) is 3. The molecular weight excluding hydrogens is 289 g/mol. The Balaban J connectivity index is 2.37. The standard InChI is InChI=1S/C11H9BrFN3O/c1-7-10(12)11(17)16(6-15-7)5-8-2-9(13)4-14-3-8/h2-4,6H,5H2,1H3. The fourth-order valence-corrected chi connectivity index (χ4v) is 1.73. The van der Waals surface area contributed by atoms with Crippen molar-refractivity contribution in [1.29, 1.82) is 0 Å². The fourth-order valence-electron chi connectivity index (χ4n) is 1.40. The lowest BCUT2D eigenvalue weighted by molar-refractivity contribution is 0.614. The van der Waals surface area contributed by atoms with E-state index in [1.165, 1.54) is 23.2 Å². The van der Waals surface area contributed by atoms with Gasteiger partial charge in [0.2, 0.25) is 0 Å². The van der Waals surface area contributed by atoms with Crippen molar-refractivity contribution >= 4 is 15.9 Å². The van der Waals surface area contributed by atoms with Crippen LogP contribution in [0.15, 0.2) is 34.1 Å². The average Bonchev–Trinajstić information content (AvgIpc) is 2.30. The second-order valence-corrected chi connectivity index (χ2v) is 4.38. The molecule has 0 radical (unpaired) electrons.